The lowest BCUT2D eigenvalue weighted by atomic mass is 10.2. The zero-order chi connectivity index (χ0) is 17.6. The largest absolute Gasteiger partial charge is 0.368 e. The summed E-state index contributed by atoms with van der Waals surface area (Å²) in [5.41, 5.74) is 6.02. The molecule has 126 valence electrons. The summed E-state index contributed by atoms with van der Waals surface area (Å²) in [5, 5.41) is 8.95. The molecule has 0 unspecified atom stereocenters. The molecule has 25 heavy (non-hydrogen) atoms. The summed E-state index contributed by atoms with van der Waals surface area (Å²) in [5.74, 6) is -0.900. The van der Waals surface area contributed by atoms with E-state index in [0.29, 0.717) is 21.5 Å². The van der Waals surface area contributed by atoms with Crippen LogP contribution in [0, 0.1) is 11.6 Å². The molecule has 3 heterocycles. The second kappa shape index (κ2) is 5.88. The Balaban J connectivity index is 1.92. The Morgan fingerprint density at radius 3 is 2.56 bits per heavy atom. The molecular formula is C15H10BrF2N7. The molecule has 3 aromatic heterocycles. The standard InChI is InChI=1S/C15H10BrF2N7/c16-12-11-13(24-6-2-5-20-24)21-15(19)22-14(11)25(23-12)7-8-9(17)3-1-4-10(8)18/h1-6H,7H2,(H2,19,21,22). The number of nitrogens with zero attached hydrogens (tertiary/aromatic N) is 6. The van der Waals surface area contributed by atoms with Crippen LogP contribution in [-0.2, 0) is 6.54 Å². The first-order valence-corrected chi connectivity index (χ1v) is 7.96. The van der Waals surface area contributed by atoms with Crippen LogP contribution in [0.5, 0.6) is 0 Å². The van der Waals surface area contributed by atoms with Crippen LogP contribution in [0.2, 0.25) is 0 Å². The van der Waals surface area contributed by atoms with E-state index in [-0.39, 0.29) is 18.1 Å². The van der Waals surface area contributed by atoms with Gasteiger partial charge in [-0.05, 0) is 34.1 Å². The van der Waals surface area contributed by atoms with Crippen LogP contribution >= 0.6 is 15.9 Å². The summed E-state index contributed by atoms with van der Waals surface area (Å²) in [6, 6.07) is 5.42. The highest BCUT2D eigenvalue weighted by Gasteiger charge is 2.20. The number of halogens is 3. The highest BCUT2D eigenvalue weighted by Crippen LogP contribution is 2.28. The van der Waals surface area contributed by atoms with Crippen LogP contribution in [0.15, 0.2) is 41.3 Å². The molecule has 0 saturated heterocycles. The maximum atomic E-state index is 14.0. The fourth-order valence-electron chi connectivity index (χ4n) is 2.53. The molecule has 0 spiro atoms. The van der Waals surface area contributed by atoms with Crippen molar-refractivity contribution in [1.29, 1.82) is 0 Å². The molecule has 10 heteroatoms. The highest BCUT2D eigenvalue weighted by molar-refractivity contribution is 9.10. The average Bonchev–Trinajstić information content (AvgIpc) is 3.19. The van der Waals surface area contributed by atoms with Crippen molar-refractivity contribution in [3.05, 3.63) is 58.5 Å². The Labute approximate surface area is 148 Å². The van der Waals surface area contributed by atoms with Gasteiger partial charge in [0.2, 0.25) is 5.95 Å². The lowest BCUT2D eigenvalue weighted by molar-refractivity contribution is 0.535. The first-order valence-electron chi connectivity index (χ1n) is 7.17. The second-order valence-electron chi connectivity index (χ2n) is 5.20. The monoisotopic (exact) mass is 405 g/mol. The number of hydrogen-bond donors (Lipinski definition) is 1. The van der Waals surface area contributed by atoms with Gasteiger partial charge in [-0.2, -0.15) is 20.2 Å². The molecule has 0 aliphatic heterocycles. The van der Waals surface area contributed by atoms with E-state index in [2.05, 4.69) is 36.1 Å². The molecule has 0 fully saturated rings. The number of aromatic nitrogens is 6. The van der Waals surface area contributed by atoms with Gasteiger partial charge in [0.1, 0.15) is 16.2 Å². The summed E-state index contributed by atoms with van der Waals surface area (Å²) in [7, 11) is 0. The van der Waals surface area contributed by atoms with Gasteiger partial charge in [-0.1, -0.05) is 6.07 Å². The van der Waals surface area contributed by atoms with Crippen LogP contribution in [0.25, 0.3) is 16.9 Å². The Kier molecular flexibility index (Phi) is 3.68. The Morgan fingerprint density at radius 1 is 1.12 bits per heavy atom. The molecule has 0 bridgehead atoms. The minimum absolute atomic E-state index is 0.000607. The maximum absolute atomic E-state index is 14.0. The molecule has 4 rings (SSSR count). The molecule has 4 aromatic rings. The third-order valence-electron chi connectivity index (χ3n) is 3.64. The Bertz CT molecular complexity index is 1060. The van der Waals surface area contributed by atoms with Crippen molar-refractivity contribution < 1.29 is 8.78 Å². The van der Waals surface area contributed by atoms with Crippen LogP contribution in [0.1, 0.15) is 5.56 Å². The Hall–Kier alpha value is -2.88. The summed E-state index contributed by atoms with van der Waals surface area (Å²) in [6.45, 7) is -0.143. The van der Waals surface area contributed by atoms with Gasteiger partial charge in [0.15, 0.2) is 11.5 Å². The van der Waals surface area contributed by atoms with Crippen LogP contribution in [0.4, 0.5) is 14.7 Å². The lowest BCUT2D eigenvalue weighted by Crippen LogP contribution is -2.09. The summed E-state index contributed by atoms with van der Waals surface area (Å²) < 4.78 is 31.2. The molecule has 1 aromatic carbocycles. The molecule has 7 nitrogen and oxygen atoms in total. The minimum Gasteiger partial charge on any atom is -0.368 e. The third kappa shape index (κ3) is 2.64. The van der Waals surface area contributed by atoms with Gasteiger partial charge in [0.05, 0.1) is 11.9 Å². The smallest absolute Gasteiger partial charge is 0.224 e. The zero-order valence-corrected chi connectivity index (χ0v) is 14.2. The van der Waals surface area contributed by atoms with E-state index in [0.717, 1.165) is 0 Å². The summed E-state index contributed by atoms with van der Waals surface area (Å²) in [4.78, 5) is 8.37. The minimum atomic E-state index is -0.658. The van der Waals surface area contributed by atoms with Gasteiger partial charge >= 0.3 is 0 Å². The van der Waals surface area contributed by atoms with Gasteiger partial charge in [-0.25, -0.2) is 18.1 Å². The molecule has 0 amide bonds. The number of benzene rings is 1. The number of rotatable bonds is 3. The van der Waals surface area contributed by atoms with Crippen molar-refractivity contribution in [2.45, 2.75) is 6.54 Å². The topological polar surface area (TPSA) is 87.4 Å². The highest BCUT2D eigenvalue weighted by atomic mass is 79.9. The van der Waals surface area contributed by atoms with Crippen molar-refractivity contribution >= 4 is 32.9 Å². The van der Waals surface area contributed by atoms with Gasteiger partial charge in [-0.15, -0.1) is 0 Å². The van der Waals surface area contributed by atoms with Gasteiger partial charge < -0.3 is 5.73 Å². The van der Waals surface area contributed by atoms with E-state index < -0.39 is 11.6 Å². The van der Waals surface area contributed by atoms with E-state index in [1.54, 1.807) is 18.5 Å². The molecule has 2 N–H and O–H groups in total. The van der Waals surface area contributed by atoms with E-state index >= 15 is 0 Å². The van der Waals surface area contributed by atoms with Gasteiger partial charge in [-0.3, -0.25) is 0 Å². The lowest BCUT2D eigenvalue weighted by Gasteiger charge is -2.07. The Morgan fingerprint density at radius 2 is 1.88 bits per heavy atom. The van der Waals surface area contributed by atoms with E-state index in [1.165, 1.54) is 27.6 Å². The fourth-order valence-corrected chi connectivity index (χ4v) is 3.08. The normalized spacial score (nSPS) is 11.3. The third-order valence-corrected chi connectivity index (χ3v) is 4.19. The van der Waals surface area contributed by atoms with Crippen molar-refractivity contribution in [2.75, 3.05) is 5.73 Å². The summed E-state index contributed by atoms with van der Waals surface area (Å²) >= 11 is 3.35. The quantitative estimate of drug-likeness (QED) is 0.566. The molecule has 0 radical (unpaired) electrons. The average molecular weight is 406 g/mol. The van der Waals surface area contributed by atoms with E-state index in [4.69, 9.17) is 5.73 Å². The van der Waals surface area contributed by atoms with Crippen molar-refractivity contribution in [3.63, 3.8) is 0 Å². The SMILES string of the molecule is Nc1nc(-n2cccn2)c2c(Br)nn(Cc3c(F)cccc3F)c2n1. The van der Waals surface area contributed by atoms with Gasteiger partial charge in [0.25, 0.3) is 0 Å². The first kappa shape index (κ1) is 15.6. The zero-order valence-electron chi connectivity index (χ0n) is 12.6. The van der Waals surface area contributed by atoms with Crippen LogP contribution in [-0.4, -0.2) is 29.5 Å². The molecule has 0 atom stereocenters. The number of fused-ring (bicyclic) bond motifs is 1. The second-order valence-corrected chi connectivity index (χ2v) is 5.95. The van der Waals surface area contributed by atoms with E-state index in [1.807, 2.05) is 0 Å². The van der Waals surface area contributed by atoms with Crippen molar-refractivity contribution in [3.8, 4) is 5.82 Å². The predicted molar refractivity (Wildman–Crippen MR) is 90.0 cm³/mol. The molecular weight excluding hydrogens is 396 g/mol. The van der Waals surface area contributed by atoms with E-state index in [9.17, 15) is 8.78 Å². The first-order chi connectivity index (χ1) is 12.0. The maximum Gasteiger partial charge on any atom is 0.224 e. The molecule has 0 aliphatic rings. The van der Waals surface area contributed by atoms with Crippen molar-refractivity contribution in [1.82, 2.24) is 29.5 Å². The predicted octanol–water partition coefficient (Wildman–Crippen LogP) is 2.68. The van der Waals surface area contributed by atoms with Gasteiger partial charge in [0, 0.05) is 18.0 Å². The number of nitrogens with two attached hydrogens (primary N) is 1. The summed E-state index contributed by atoms with van der Waals surface area (Å²) in [6.07, 6.45) is 3.29. The fraction of sp³-hybridized carbons (Fsp3) is 0.0667. The van der Waals surface area contributed by atoms with Crippen LogP contribution < -0.4 is 5.73 Å². The molecule has 0 saturated carbocycles. The van der Waals surface area contributed by atoms with Crippen LogP contribution in [0.3, 0.4) is 0 Å². The number of hydrogen-bond acceptors (Lipinski definition) is 5. The van der Waals surface area contributed by atoms with Crippen molar-refractivity contribution in [2.24, 2.45) is 0 Å². The molecule has 0 aliphatic carbocycles. The number of nitrogen functional groups attached to an aromatic ring is 1. The number of anilines is 1.